The van der Waals surface area contributed by atoms with E-state index >= 15 is 0 Å². The molecule has 0 aliphatic rings. The van der Waals surface area contributed by atoms with Crippen molar-refractivity contribution in [3.63, 3.8) is 0 Å². The maximum absolute atomic E-state index is 12.0. The Bertz CT molecular complexity index is 1280. The van der Waals surface area contributed by atoms with Crippen LogP contribution in [0.15, 0.2) is 63.1 Å². The van der Waals surface area contributed by atoms with Gasteiger partial charge in [0.1, 0.15) is 17.9 Å². The molecule has 0 spiro atoms. The first-order valence-electron chi connectivity index (χ1n) is 9.57. The monoisotopic (exact) mass is 436 g/mol. The average molecular weight is 436 g/mol. The molecule has 2 aromatic carbocycles. The van der Waals surface area contributed by atoms with Gasteiger partial charge in [-0.3, -0.25) is 0 Å². The lowest BCUT2D eigenvalue weighted by Gasteiger charge is -2.07. The molecule has 0 aliphatic carbocycles. The molecule has 2 heterocycles. The van der Waals surface area contributed by atoms with Crippen molar-refractivity contribution in [2.75, 3.05) is 11.9 Å². The van der Waals surface area contributed by atoms with Gasteiger partial charge >= 0.3 is 11.6 Å². The highest BCUT2D eigenvalue weighted by atomic mass is 32.1. The number of rotatable bonds is 7. The quantitative estimate of drug-likeness (QED) is 0.331. The Morgan fingerprint density at radius 2 is 1.94 bits per heavy atom. The molecule has 1 N–H and O–H groups in total. The van der Waals surface area contributed by atoms with E-state index < -0.39 is 11.6 Å². The smallest absolute Gasteiger partial charge is 0.344 e. The first kappa shape index (κ1) is 20.6. The molecule has 0 aliphatic heterocycles. The van der Waals surface area contributed by atoms with Gasteiger partial charge in [0.2, 0.25) is 0 Å². The van der Waals surface area contributed by atoms with E-state index in [1.807, 2.05) is 43.5 Å². The Hall–Kier alpha value is -3.65. The molecule has 4 rings (SSSR count). The number of nitrogens with zero attached hydrogens (tertiary/aromatic N) is 1. The van der Waals surface area contributed by atoms with Crippen LogP contribution in [0.4, 0.5) is 10.8 Å². The molecule has 0 saturated carbocycles. The zero-order valence-corrected chi connectivity index (χ0v) is 17.8. The number of carbonyl (C=O) groups is 1. The highest BCUT2D eigenvalue weighted by Gasteiger charge is 2.09. The fourth-order valence-electron chi connectivity index (χ4n) is 2.92. The largest absolute Gasteiger partial charge is 0.482 e. The van der Waals surface area contributed by atoms with Crippen molar-refractivity contribution < 1.29 is 18.7 Å². The molecule has 0 radical (unpaired) electrons. The SMILES string of the molecule is Cc1ccc(Nc2nc(COC(=O)COc3ccc4c(C)cc(=O)oc4c3)cs2)cc1. The number of carbonyl (C=O) groups excluding carboxylic acids is 1. The Morgan fingerprint density at radius 1 is 1.13 bits per heavy atom. The Balaban J connectivity index is 1.29. The van der Waals surface area contributed by atoms with Crippen LogP contribution in [0, 0.1) is 13.8 Å². The van der Waals surface area contributed by atoms with Crippen LogP contribution in [-0.4, -0.2) is 17.6 Å². The molecule has 4 aromatic rings. The van der Waals surface area contributed by atoms with Gasteiger partial charge in [-0.15, -0.1) is 11.3 Å². The number of hydrogen-bond donors (Lipinski definition) is 1. The van der Waals surface area contributed by atoms with E-state index in [1.165, 1.54) is 23.0 Å². The third-order valence-electron chi connectivity index (χ3n) is 4.52. The molecule has 0 saturated heterocycles. The molecule has 0 amide bonds. The number of nitrogens with one attached hydrogen (secondary N) is 1. The minimum Gasteiger partial charge on any atom is -0.482 e. The summed E-state index contributed by atoms with van der Waals surface area (Å²) in [5, 5.41) is 6.59. The predicted octanol–water partition coefficient (Wildman–Crippen LogP) is 4.73. The lowest BCUT2D eigenvalue weighted by molar-refractivity contribution is -0.147. The third-order valence-corrected chi connectivity index (χ3v) is 5.32. The summed E-state index contributed by atoms with van der Waals surface area (Å²) in [6.45, 7) is 3.65. The molecule has 0 bridgehead atoms. The van der Waals surface area contributed by atoms with E-state index in [0.717, 1.165) is 21.8 Å². The Morgan fingerprint density at radius 3 is 2.74 bits per heavy atom. The van der Waals surface area contributed by atoms with E-state index in [2.05, 4.69) is 10.3 Å². The molecule has 0 atom stereocenters. The van der Waals surface area contributed by atoms with Crippen LogP contribution in [0.2, 0.25) is 0 Å². The maximum Gasteiger partial charge on any atom is 0.344 e. The molecule has 7 nitrogen and oxygen atoms in total. The maximum atomic E-state index is 12.0. The minimum absolute atomic E-state index is 0.0556. The van der Waals surface area contributed by atoms with Gasteiger partial charge in [-0.05, 0) is 43.7 Å². The van der Waals surface area contributed by atoms with Crippen molar-refractivity contribution in [1.82, 2.24) is 4.98 Å². The van der Waals surface area contributed by atoms with E-state index in [9.17, 15) is 9.59 Å². The second-order valence-electron chi connectivity index (χ2n) is 6.99. The molecule has 8 heteroatoms. The summed E-state index contributed by atoms with van der Waals surface area (Å²) in [5.41, 5.74) is 3.57. The zero-order chi connectivity index (χ0) is 21.8. The summed E-state index contributed by atoms with van der Waals surface area (Å²) in [4.78, 5) is 28.0. The first-order chi connectivity index (χ1) is 15.0. The number of esters is 1. The van der Waals surface area contributed by atoms with Gasteiger partial charge in [-0.2, -0.15) is 0 Å². The van der Waals surface area contributed by atoms with E-state index in [0.29, 0.717) is 17.0 Å². The van der Waals surface area contributed by atoms with Gasteiger partial charge in [0.05, 0.1) is 5.69 Å². The van der Waals surface area contributed by atoms with Crippen molar-refractivity contribution in [3.8, 4) is 5.75 Å². The van der Waals surface area contributed by atoms with Crippen molar-refractivity contribution in [2.45, 2.75) is 20.5 Å². The number of ether oxygens (including phenoxy) is 2. The zero-order valence-electron chi connectivity index (χ0n) is 17.0. The van der Waals surface area contributed by atoms with Crippen molar-refractivity contribution in [2.24, 2.45) is 0 Å². The number of benzene rings is 2. The number of fused-ring (bicyclic) bond motifs is 1. The van der Waals surface area contributed by atoms with Crippen LogP contribution in [0.3, 0.4) is 0 Å². The molecule has 2 aromatic heterocycles. The van der Waals surface area contributed by atoms with Gasteiger partial charge in [0.15, 0.2) is 11.7 Å². The minimum atomic E-state index is -0.521. The van der Waals surface area contributed by atoms with Crippen LogP contribution >= 0.6 is 11.3 Å². The second-order valence-corrected chi connectivity index (χ2v) is 7.85. The summed E-state index contributed by atoms with van der Waals surface area (Å²) in [7, 11) is 0. The van der Waals surface area contributed by atoms with E-state index in [1.54, 1.807) is 18.2 Å². The molecule has 158 valence electrons. The van der Waals surface area contributed by atoms with Crippen LogP contribution in [0.5, 0.6) is 5.75 Å². The van der Waals surface area contributed by atoms with Crippen LogP contribution < -0.4 is 15.7 Å². The molecule has 0 unspecified atom stereocenters. The number of aromatic nitrogens is 1. The van der Waals surface area contributed by atoms with Crippen LogP contribution in [-0.2, 0) is 16.1 Å². The van der Waals surface area contributed by atoms with Gasteiger partial charge in [0, 0.05) is 28.6 Å². The number of aryl methyl sites for hydroxylation is 2. The van der Waals surface area contributed by atoms with E-state index in [-0.39, 0.29) is 13.2 Å². The molecule has 0 fully saturated rings. The highest BCUT2D eigenvalue weighted by molar-refractivity contribution is 7.13. The summed E-state index contributed by atoms with van der Waals surface area (Å²) < 4.78 is 15.9. The predicted molar refractivity (Wildman–Crippen MR) is 119 cm³/mol. The Labute approximate surface area is 182 Å². The standard InChI is InChI=1S/C23H20N2O5S/c1-14-3-5-16(6-4-14)24-23-25-17(13-31-23)11-29-22(27)12-28-18-7-8-19-15(2)9-21(26)30-20(19)10-18/h3-10,13H,11-12H2,1-2H3,(H,24,25). The van der Waals surface area contributed by atoms with Crippen LogP contribution in [0.25, 0.3) is 11.0 Å². The second kappa shape index (κ2) is 9.01. The van der Waals surface area contributed by atoms with Gasteiger partial charge in [-0.1, -0.05) is 17.7 Å². The van der Waals surface area contributed by atoms with Crippen molar-refractivity contribution in [3.05, 3.63) is 81.2 Å². The van der Waals surface area contributed by atoms with Gasteiger partial charge in [0.25, 0.3) is 0 Å². The fourth-order valence-corrected chi connectivity index (χ4v) is 3.64. The number of hydrogen-bond acceptors (Lipinski definition) is 8. The lowest BCUT2D eigenvalue weighted by Crippen LogP contribution is -2.14. The normalized spacial score (nSPS) is 10.8. The third kappa shape index (κ3) is 5.29. The Kier molecular flexibility index (Phi) is 5.99. The summed E-state index contributed by atoms with van der Waals surface area (Å²) in [6, 6.07) is 14.5. The number of thiazole rings is 1. The summed E-state index contributed by atoms with van der Waals surface area (Å²) in [5.74, 6) is -0.108. The lowest BCUT2D eigenvalue weighted by atomic mass is 10.1. The van der Waals surface area contributed by atoms with Gasteiger partial charge in [-0.25, -0.2) is 14.6 Å². The molecular formula is C23H20N2O5S. The summed E-state index contributed by atoms with van der Waals surface area (Å²) in [6.07, 6.45) is 0. The summed E-state index contributed by atoms with van der Waals surface area (Å²) >= 11 is 1.43. The number of anilines is 2. The fraction of sp³-hybridized carbons (Fsp3) is 0.174. The molecule has 31 heavy (non-hydrogen) atoms. The average Bonchev–Trinajstić information content (AvgIpc) is 3.19. The van der Waals surface area contributed by atoms with Crippen molar-refractivity contribution in [1.29, 1.82) is 0 Å². The molecular weight excluding hydrogens is 416 g/mol. The topological polar surface area (TPSA) is 90.7 Å². The van der Waals surface area contributed by atoms with E-state index in [4.69, 9.17) is 13.9 Å². The first-order valence-corrected chi connectivity index (χ1v) is 10.5. The highest BCUT2D eigenvalue weighted by Crippen LogP contribution is 2.23. The van der Waals surface area contributed by atoms with Gasteiger partial charge < -0.3 is 19.2 Å². The van der Waals surface area contributed by atoms with Crippen molar-refractivity contribution >= 4 is 39.1 Å². The van der Waals surface area contributed by atoms with Crippen LogP contribution in [0.1, 0.15) is 16.8 Å².